The molecule has 0 bridgehead atoms. The molecule has 0 unspecified atom stereocenters. The standard InChI is InChI=1S/C8H7N.C7H5BrO/c1-2-4-8-7(3-1)5-6-9-8;8-7(9)6-4-2-1-3-5-6/h1-6,9H;1-5H. The predicted octanol–water partition coefficient (Wildman–Crippen LogP) is 4.39. The van der Waals surface area contributed by atoms with Crippen LogP contribution in [0.2, 0.25) is 0 Å². The Kier molecular flexibility index (Phi) is 4.31. The molecule has 3 heteroatoms. The van der Waals surface area contributed by atoms with Crippen molar-refractivity contribution in [3.8, 4) is 0 Å². The van der Waals surface area contributed by atoms with E-state index in [4.69, 9.17) is 0 Å². The lowest BCUT2D eigenvalue weighted by Crippen LogP contribution is -1.83. The zero-order valence-corrected chi connectivity index (χ0v) is 11.2. The van der Waals surface area contributed by atoms with Crippen LogP contribution >= 0.6 is 15.9 Å². The molecule has 0 radical (unpaired) electrons. The molecule has 18 heavy (non-hydrogen) atoms. The molecule has 0 aliphatic rings. The molecule has 2 aromatic carbocycles. The lowest BCUT2D eigenvalue weighted by molar-refractivity contribution is 0.109. The van der Waals surface area contributed by atoms with Crippen LogP contribution in [0.4, 0.5) is 0 Å². The van der Waals surface area contributed by atoms with Crippen molar-refractivity contribution in [3.63, 3.8) is 0 Å². The summed E-state index contributed by atoms with van der Waals surface area (Å²) < 4.78 is -0.0666. The first-order chi connectivity index (χ1) is 8.77. The number of nitrogens with one attached hydrogen (secondary N) is 1. The summed E-state index contributed by atoms with van der Waals surface area (Å²) in [4.78, 5) is 13.7. The van der Waals surface area contributed by atoms with E-state index in [2.05, 4.69) is 39.1 Å². The Morgan fingerprint density at radius 2 is 1.56 bits per heavy atom. The Labute approximate surface area is 114 Å². The fourth-order valence-electron chi connectivity index (χ4n) is 1.56. The number of rotatable bonds is 1. The fraction of sp³-hybridized carbons (Fsp3) is 0. The van der Waals surface area contributed by atoms with Gasteiger partial charge in [0.15, 0.2) is 0 Å². The number of H-pyrrole nitrogens is 1. The average Bonchev–Trinajstić information content (AvgIpc) is 2.89. The number of para-hydroxylation sites is 1. The molecule has 1 heterocycles. The van der Waals surface area contributed by atoms with E-state index in [9.17, 15) is 4.79 Å². The van der Waals surface area contributed by atoms with E-state index < -0.39 is 0 Å². The third-order valence-electron chi connectivity index (χ3n) is 2.46. The van der Waals surface area contributed by atoms with Crippen molar-refractivity contribution < 1.29 is 4.79 Å². The minimum absolute atomic E-state index is 0.0666. The molecular formula is C15H12BrNO. The summed E-state index contributed by atoms with van der Waals surface area (Å²) in [5.74, 6) is 0. The molecule has 0 aliphatic carbocycles. The SMILES string of the molecule is O=C(Br)c1ccccc1.c1ccc2[nH]ccc2c1. The molecule has 0 saturated carbocycles. The Morgan fingerprint density at radius 1 is 0.889 bits per heavy atom. The molecule has 0 aliphatic heterocycles. The van der Waals surface area contributed by atoms with Crippen molar-refractivity contribution in [2.45, 2.75) is 0 Å². The van der Waals surface area contributed by atoms with Crippen LogP contribution in [0.5, 0.6) is 0 Å². The number of hydrogen-bond acceptors (Lipinski definition) is 1. The van der Waals surface area contributed by atoms with Crippen molar-refractivity contribution in [1.82, 2.24) is 4.98 Å². The highest BCUT2D eigenvalue weighted by atomic mass is 79.9. The molecule has 3 aromatic rings. The quantitative estimate of drug-likeness (QED) is 0.664. The van der Waals surface area contributed by atoms with Crippen molar-refractivity contribution in [2.24, 2.45) is 0 Å². The van der Waals surface area contributed by atoms with E-state index in [0.29, 0.717) is 5.56 Å². The molecule has 0 amide bonds. The van der Waals surface area contributed by atoms with Crippen molar-refractivity contribution in [3.05, 3.63) is 72.4 Å². The number of hydrogen-bond donors (Lipinski definition) is 1. The van der Waals surface area contributed by atoms with Gasteiger partial charge in [0.1, 0.15) is 0 Å². The van der Waals surface area contributed by atoms with Crippen LogP contribution in [-0.4, -0.2) is 9.68 Å². The van der Waals surface area contributed by atoms with Crippen molar-refractivity contribution in [2.75, 3.05) is 0 Å². The van der Waals surface area contributed by atoms with Crippen LogP contribution < -0.4 is 0 Å². The third-order valence-corrected chi connectivity index (χ3v) is 2.92. The highest BCUT2D eigenvalue weighted by molar-refractivity contribution is 9.18. The first-order valence-electron chi connectivity index (χ1n) is 5.54. The highest BCUT2D eigenvalue weighted by Gasteiger charge is 1.95. The Balaban J connectivity index is 0.000000134. The Hall–Kier alpha value is -1.87. The lowest BCUT2D eigenvalue weighted by Gasteiger charge is -1.87. The maximum atomic E-state index is 10.6. The average molecular weight is 302 g/mol. The van der Waals surface area contributed by atoms with E-state index in [-0.39, 0.29) is 4.69 Å². The van der Waals surface area contributed by atoms with Gasteiger partial charge in [-0.05, 0) is 33.4 Å². The molecule has 90 valence electrons. The number of aromatic nitrogens is 1. The maximum Gasteiger partial charge on any atom is 0.228 e. The van der Waals surface area contributed by atoms with E-state index in [1.807, 2.05) is 36.5 Å². The third kappa shape index (κ3) is 3.31. The second kappa shape index (κ2) is 6.17. The summed E-state index contributed by atoms with van der Waals surface area (Å²) >= 11 is 2.84. The van der Waals surface area contributed by atoms with Gasteiger partial charge in [-0.2, -0.15) is 0 Å². The van der Waals surface area contributed by atoms with Crippen LogP contribution in [0.15, 0.2) is 66.9 Å². The maximum absolute atomic E-state index is 10.6. The molecule has 0 fully saturated rings. The first-order valence-corrected chi connectivity index (χ1v) is 6.33. The van der Waals surface area contributed by atoms with Gasteiger partial charge in [0.05, 0.1) is 0 Å². The zero-order valence-electron chi connectivity index (χ0n) is 9.64. The number of halogens is 1. The molecular weight excluding hydrogens is 290 g/mol. The highest BCUT2D eigenvalue weighted by Crippen LogP contribution is 2.09. The first kappa shape index (κ1) is 12.6. The van der Waals surface area contributed by atoms with E-state index in [1.165, 1.54) is 10.9 Å². The molecule has 0 saturated heterocycles. The summed E-state index contributed by atoms with van der Waals surface area (Å²) in [5.41, 5.74) is 1.90. The van der Waals surface area contributed by atoms with Crippen LogP contribution in [0.3, 0.4) is 0 Å². The van der Waals surface area contributed by atoms with Gasteiger partial charge in [-0.3, -0.25) is 4.79 Å². The number of benzene rings is 2. The van der Waals surface area contributed by atoms with Gasteiger partial charge in [0, 0.05) is 17.3 Å². The lowest BCUT2D eigenvalue weighted by atomic mass is 10.2. The number of fused-ring (bicyclic) bond motifs is 1. The van der Waals surface area contributed by atoms with Crippen LogP contribution in [0.1, 0.15) is 10.4 Å². The molecule has 0 spiro atoms. The molecule has 2 nitrogen and oxygen atoms in total. The smallest absolute Gasteiger partial charge is 0.228 e. The van der Waals surface area contributed by atoms with Crippen LogP contribution in [0, 0.1) is 0 Å². The molecule has 3 rings (SSSR count). The van der Waals surface area contributed by atoms with Crippen LogP contribution in [-0.2, 0) is 0 Å². The van der Waals surface area contributed by atoms with Crippen molar-refractivity contribution >= 4 is 31.5 Å². The minimum atomic E-state index is -0.0666. The summed E-state index contributed by atoms with van der Waals surface area (Å²) in [6.07, 6.45) is 1.95. The molecule has 1 aromatic heterocycles. The van der Waals surface area contributed by atoms with Gasteiger partial charge in [-0.25, -0.2) is 0 Å². The minimum Gasteiger partial charge on any atom is -0.361 e. The summed E-state index contributed by atoms with van der Waals surface area (Å²) in [7, 11) is 0. The van der Waals surface area contributed by atoms with E-state index in [1.54, 1.807) is 12.1 Å². The zero-order chi connectivity index (χ0) is 12.8. The topological polar surface area (TPSA) is 32.9 Å². The summed E-state index contributed by atoms with van der Waals surface area (Å²) in [6.45, 7) is 0. The fourth-order valence-corrected chi connectivity index (χ4v) is 1.83. The van der Waals surface area contributed by atoms with Gasteiger partial charge >= 0.3 is 0 Å². The number of aromatic amines is 1. The Morgan fingerprint density at radius 3 is 2.17 bits per heavy atom. The van der Waals surface area contributed by atoms with Gasteiger partial charge in [-0.15, -0.1) is 0 Å². The number of carbonyl (C=O) groups is 1. The van der Waals surface area contributed by atoms with E-state index >= 15 is 0 Å². The second-order valence-corrected chi connectivity index (χ2v) is 4.42. The van der Waals surface area contributed by atoms with Crippen molar-refractivity contribution in [1.29, 1.82) is 0 Å². The molecule has 1 N–H and O–H groups in total. The molecule has 0 atom stereocenters. The normalized spacial score (nSPS) is 9.61. The monoisotopic (exact) mass is 301 g/mol. The van der Waals surface area contributed by atoms with Crippen LogP contribution in [0.25, 0.3) is 10.9 Å². The predicted molar refractivity (Wildman–Crippen MR) is 78.0 cm³/mol. The Bertz CT molecular complexity index is 601. The summed E-state index contributed by atoms with van der Waals surface area (Å²) in [5, 5.41) is 1.28. The van der Waals surface area contributed by atoms with Gasteiger partial charge < -0.3 is 4.98 Å². The summed E-state index contributed by atoms with van der Waals surface area (Å²) in [6, 6.07) is 19.3. The van der Waals surface area contributed by atoms with E-state index in [0.717, 1.165) is 0 Å². The van der Waals surface area contributed by atoms with Gasteiger partial charge in [0.25, 0.3) is 0 Å². The number of carbonyl (C=O) groups excluding carboxylic acids is 1. The van der Waals surface area contributed by atoms with Gasteiger partial charge in [0.2, 0.25) is 4.69 Å². The van der Waals surface area contributed by atoms with Gasteiger partial charge in [-0.1, -0.05) is 48.5 Å². The second-order valence-electron chi connectivity index (χ2n) is 3.70. The largest absolute Gasteiger partial charge is 0.361 e.